The molecule has 0 fully saturated rings. The lowest BCUT2D eigenvalue weighted by Crippen LogP contribution is -1.88. The molecule has 0 aliphatic rings. The van der Waals surface area contributed by atoms with Crippen LogP contribution in [-0.4, -0.2) is 0 Å². The van der Waals surface area contributed by atoms with E-state index < -0.39 is 0 Å². The summed E-state index contributed by atoms with van der Waals surface area (Å²) in [4.78, 5) is 2.00. The Balaban J connectivity index is 1.62. The number of rotatable bonds is 10. The average Bonchev–Trinajstić information content (AvgIpc) is 2.75. The van der Waals surface area contributed by atoms with E-state index in [1.165, 1.54) is 79.2 Å². The van der Waals surface area contributed by atoms with Gasteiger partial charge in [0.15, 0.2) is 0 Å². The van der Waals surface area contributed by atoms with Crippen molar-refractivity contribution in [3.63, 3.8) is 0 Å². The van der Waals surface area contributed by atoms with E-state index in [1.54, 1.807) is 0 Å². The predicted molar refractivity (Wildman–Crippen MR) is 134 cm³/mol. The molecule has 0 bridgehead atoms. The van der Waals surface area contributed by atoms with Gasteiger partial charge in [0.2, 0.25) is 0 Å². The molecule has 0 saturated heterocycles. The van der Waals surface area contributed by atoms with E-state index in [-0.39, 0.29) is 0 Å². The van der Waals surface area contributed by atoms with Crippen molar-refractivity contribution in [3.05, 3.63) is 72.3 Å². The Morgan fingerprint density at radius 1 is 0.586 bits per heavy atom. The number of hydrogen-bond donors (Lipinski definition) is 2. The van der Waals surface area contributed by atoms with Gasteiger partial charge in [0.1, 0.15) is 0 Å². The Kier molecular flexibility index (Phi) is 8.76. The van der Waals surface area contributed by atoms with Crippen LogP contribution in [0.1, 0.15) is 57.4 Å². The molecule has 29 heavy (non-hydrogen) atoms. The third-order valence-electron chi connectivity index (χ3n) is 5.53. The maximum absolute atomic E-state index is 4.70. The first-order valence-electron chi connectivity index (χ1n) is 10.9. The first-order valence-corrected chi connectivity index (χ1v) is 11.8. The van der Waals surface area contributed by atoms with Crippen molar-refractivity contribution < 1.29 is 0 Å². The summed E-state index contributed by atoms with van der Waals surface area (Å²) in [5, 5.41) is 0. The highest BCUT2D eigenvalue weighted by Gasteiger charge is 2.06. The van der Waals surface area contributed by atoms with E-state index >= 15 is 0 Å². The topological polar surface area (TPSA) is 0 Å². The third kappa shape index (κ3) is 6.69. The lowest BCUT2D eigenvalue weighted by atomic mass is 9.97. The van der Waals surface area contributed by atoms with E-state index in [2.05, 4.69) is 74.1 Å². The fourth-order valence-corrected chi connectivity index (χ4v) is 4.16. The molecule has 0 heterocycles. The van der Waals surface area contributed by atoms with Gasteiger partial charge in [0, 0.05) is 9.79 Å². The quantitative estimate of drug-likeness (QED) is 0.237. The van der Waals surface area contributed by atoms with Crippen molar-refractivity contribution in [1.29, 1.82) is 0 Å². The molecule has 0 saturated carbocycles. The van der Waals surface area contributed by atoms with Crippen LogP contribution in [0.3, 0.4) is 0 Å². The van der Waals surface area contributed by atoms with Crippen molar-refractivity contribution in [2.45, 2.75) is 68.1 Å². The first-order chi connectivity index (χ1) is 14.2. The smallest absolute Gasteiger partial charge is 0.0119 e. The fourth-order valence-electron chi connectivity index (χ4n) is 3.74. The molecule has 0 aromatic heterocycles. The first kappa shape index (κ1) is 22.1. The van der Waals surface area contributed by atoms with Gasteiger partial charge in [-0.1, -0.05) is 87.9 Å². The van der Waals surface area contributed by atoms with Crippen molar-refractivity contribution in [1.82, 2.24) is 0 Å². The summed E-state index contributed by atoms with van der Waals surface area (Å²) in [6.45, 7) is 2.27. The molecule has 152 valence electrons. The molecule has 0 N–H and O–H groups in total. The van der Waals surface area contributed by atoms with Gasteiger partial charge in [-0.25, -0.2) is 0 Å². The van der Waals surface area contributed by atoms with Crippen molar-refractivity contribution in [3.8, 4) is 22.3 Å². The fraction of sp³-hybridized carbons (Fsp3) is 0.333. The largest absolute Gasteiger partial charge is 0.143 e. The van der Waals surface area contributed by atoms with Gasteiger partial charge >= 0.3 is 0 Å². The molecule has 0 aliphatic carbocycles. The highest BCUT2D eigenvalue weighted by molar-refractivity contribution is 7.80. The minimum Gasteiger partial charge on any atom is -0.143 e. The molecule has 0 nitrogen and oxygen atoms in total. The summed E-state index contributed by atoms with van der Waals surface area (Å²) in [6, 6.07) is 23.8. The van der Waals surface area contributed by atoms with Crippen LogP contribution in [-0.2, 0) is 6.42 Å². The van der Waals surface area contributed by atoms with E-state index in [1.807, 2.05) is 12.1 Å². The highest BCUT2D eigenvalue weighted by Crippen LogP contribution is 2.32. The van der Waals surface area contributed by atoms with E-state index in [9.17, 15) is 0 Å². The van der Waals surface area contributed by atoms with E-state index in [4.69, 9.17) is 12.6 Å². The molecule has 0 unspecified atom stereocenters. The maximum Gasteiger partial charge on any atom is 0.0119 e. The molecule has 0 radical (unpaired) electrons. The van der Waals surface area contributed by atoms with Gasteiger partial charge in [-0.2, -0.15) is 0 Å². The molecule has 0 aliphatic heterocycles. The Morgan fingerprint density at radius 2 is 1.17 bits per heavy atom. The summed E-state index contributed by atoms with van der Waals surface area (Å²) in [5.41, 5.74) is 6.25. The Morgan fingerprint density at radius 3 is 1.86 bits per heavy atom. The Bertz CT molecular complexity index is 879. The second-order valence-electron chi connectivity index (χ2n) is 7.85. The van der Waals surface area contributed by atoms with E-state index in [0.29, 0.717) is 0 Å². The van der Waals surface area contributed by atoms with Crippen molar-refractivity contribution in [2.75, 3.05) is 0 Å². The zero-order valence-electron chi connectivity index (χ0n) is 17.4. The summed E-state index contributed by atoms with van der Waals surface area (Å²) in [6.07, 6.45) is 10.7. The van der Waals surface area contributed by atoms with Gasteiger partial charge < -0.3 is 0 Å². The summed E-state index contributed by atoms with van der Waals surface area (Å²) >= 11 is 9.09. The summed E-state index contributed by atoms with van der Waals surface area (Å²) in [5.74, 6) is 0. The molecule has 0 spiro atoms. The number of thiol groups is 2. The molecule has 2 heteroatoms. The van der Waals surface area contributed by atoms with Crippen molar-refractivity contribution in [2.24, 2.45) is 0 Å². The maximum atomic E-state index is 4.70. The van der Waals surface area contributed by atoms with Crippen molar-refractivity contribution >= 4 is 25.3 Å². The third-order valence-corrected chi connectivity index (χ3v) is 6.22. The number of hydrogen-bond acceptors (Lipinski definition) is 2. The van der Waals surface area contributed by atoms with Gasteiger partial charge in [-0.05, 0) is 64.9 Å². The molecular weight excluding hydrogens is 388 g/mol. The molecular formula is C27H32S2. The molecule has 0 amide bonds. The van der Waals surface area contributed by atoms with Crippen LogP contribution in [0.4, 0.5) is 0 Å². The average molecular weight is 421 g/mol. The lowest BCUT2D eigenvalue weighted by molar-refractivity contribution is 0.589. The normalized spacial score (nSPS) is 11.0. The second kappa shape index (κ2) is 11.5. The number of aryl methyl sites for hydroxylation is 1. The van der Waals surface area contributed by atoms with Crippen LogP contribution >= 0.6 is 25.3 Å². The van der Waals surface area contributed by atoms with Crippen LogP contribution in [0.2, 0.25) is 0 Å². The molecule has 0 atom stereocenters. The monoisotopic (exact) mass is 420 g/mol. The lowest BCUT2D eigenvalue weighted by Gasteiger charge is -2.10. The SMILES string of the molecule is CCCCCCCCCc1ccc(-c2cc(-c3ccc(S)cc3)ccc2S)cc1. The Hall–Kier alpha value is -1.64. The standard InChI is InChI=1S/C27H32S2/c1-2-3-4-5-6-7-8-9-21-10-12-23(13-11-21)26-20-24(16-19-27(26)29)22-14-17-25(28)18-15-22/h10-20,28-29H,2-9H2,1H3. The number of benzene rings is 3. The predicted octanol–water partition coefficient (Wildman–Crippen LogP) is 8.89. The van der Waals surface area contributed by atoms with Crippen LogP contribution in [0, 0.1) is 0 Å². The van der Waals surface area contributed by atoms with Crippen LogP contribution in [0.25, 0.3) is 22.3 Å². The van der Waals surface area contributed by atoms with Crippen LogP contribution < -0.4 is 0 Å². The minimum atomic E-state index is 0.983. The summed E-state index contributed by atoms with van der Waals surface area (Å²) < 4.78 is 0. The zero-order valence-corrected chi connectivity index (χ0v) is 19.2. The minimum absolute atomic E-state index is 0.983. The van der Waals surface area contributed by atoms with Gasteiger partial charge in [0.05, 0.1) is 0 Å². The molecule has 3 rings (SSSR count). The molecule has 3 aromatic rings. The van der Waals surface area contributed by atoms with Crippen LogP contribution in [0.15, 0.2) is 76.5 Å². The van der Waals surface area contributed by atoms with E-state index in [0.717, 1.165) is 9.79 Å². The summed E-state index contributed by atoms with van der Waals surface area (Å²) in [7, 11) is 0. The highest BCUT2D eigenvalue weighted by atomic mass is 32.1. The second-order valence-corrected chi connectivity index (χ2v) is 8.85. The number of unbranched alkanes of at least 4 members (excludes halogenated alkanes) is 6. The van der Waals surface area contributed by atoms with Gasteiger partial charge in [0.25, 0.3) is 0 Å². The van der Waals surface area contributed by atoms with Crippen LogP contribution in [0.5, 0.6) is 0 Å². The molecule has 3 aromatic carbocycles. The van der Waals surface area contributed by atoms with Gasteiger partial charge in [-0.15, -0.1) is 25.3 Å². The Labute approximate surface area is 187 Å². The zero-order chi connectivity index (χ0) is 20.5. The van der Waals surface area contributed by atoms with Gasteiger partial charge in [-0.3, -0.25) is 0 Å².